The molecule has 8 heteroatoms. The molecule has 0 aliphatic carbocycles. The second-order valence-electron chi connectivity index (χ2n) is 7.69. The summed E-state index contributed by atoms with van der Waals surface area (Å²) in [5, 5.41) is 12.3. The van der Waals surface area contributed by atoms with Crippen molar-refractivity contribution < 1.29 is 24.2 Å². The lowest BCUT2D eigenvalue weighted by atomic mass is 9.88. The van der Waals surface area contributed by atoms with Gasteiger partial charge in [0.15, 0.2) is 22.9 Å². The van der Waals surface area contributed by atoms with Crippen LogP contribution in [0.1, 0.15) is 27.9 Å². The zero-order valence-corrected chi connectivity index (χ0v) is 19.5. The van der Waals surface area contributed by atoms with E-state index in [1.807, 2.05) is 0 Å². The van der Waals surface area contributed by atoms with Gasteiger partial charge >= 0.3 is 0 Å². The predicted molar refractivity (Wildman–Crippen MR) is 126 cm³/mol. The van der Waals surface area contributed by atoms with Gasteiger partial charge in [-0.1, -0.05) is 47.5 Å². The number of benzene rings is 3. The highest BCUT2D eigenvalue weighted by atomic mass is 35.5. The van der Waals surface area contributed by atoms with Gasteiger partial charge in [-0.25, -0.2) is 0 Å². The van der Waals surface area contributed by atoms with Crippen molar-refractivity contribution in [3.05, 3.63) is 87.4 Å². The quantitative estimate of drug-likeness (QED) is 0.475. The van der Waals surface area contributed by atoms with E-state index in [2.05, 4.69) is 0 Å². The van der Waals surface area contributed by atoms with Gasteiger partial charge in [-0.15, -0.1) is 0 Å². The molecule has 170 valence electrons. The molecule has 0 saturated heterocycles. The number of carbonyl (C=O) groups is 2. The van der Waals surface area contributed by atoms with Gasteiger partial charge in [0.1, 0.15) is 0 Å². The highest BCUT2D eigenvalue weighted by molar-refractivity contribution is 6.42. The van der Waals surface area contributed by atoms with Crippen molar-refractivity contribution in [2.75, 3.05) is 19.1 Å². The van der Waals surface area contributed by atoms with Gasteiger partial charge in [-0.2, -0.15) is 0 Å². The summed E-state index contributed by atoms with van der Waals surface area (Å²) in [6.45, 7) is 0.166. The number of amides is 1. The summed E-state index contributed by atoms with van der Waals surface area (Å²) < 4.78 is 10.5. The molecular formula is C25H21Cl2NO5. The first-order chi connectivity index (χ1) is 15.8. The van der Waals surface area contributed by atoms with Crippen molar-refractivity contribution in [3.8, 4) is 11.5 Å². The Morgan fingerprint density at radius 2 is 1.70 bits per heavy atom. The molecule has 1 amide bonds. The molecule has 0 fully saturated rings. The number of hydrogen-bond acceptors (Lipinski definition) is 5. The van der Waals surface area contributed by atoms with E-state index >= 15 is 0 Å². The Morgan fingerprint density at radius 3 is 2.39 bits per heavy atom. The number of ketones is 1. The van der Waals surface area contributed by atoms with Gasteiger partial charge in [0.2, 0.25) is 0 Å². The Morgan fingerprint density at radius 1 is 0.970 bits per heavy atom. The molecule has 1 N–H and O–H groups in total. The standard InChI is InChI=1S/C25H21Cl2NO5/c1-32-22-10-8-16(12-23(22)33-2)21(29)13-25(31)17-5-3-4-6-20(17)28(24(25)30)14-15-7-9-18(26)19(27)11-15/h3-12,31H,13-14H2,1-2H3/t25-/m0/s1. The van der Waals surface area contributed by atoms with Crippen LogP contribution in [0, 0.1) is 0 Å². The largest absolute Gasteiger partial charge is 0.493 e. The molecule has 1 atom stereocenters. The maximum atomic E-state index is 13.5. The van der Waals surface area contributed by atoms with Crippen LogP contribution in [0.25, 0.3) is 0 Å². The Hall–Kier alpha value is -3.06. The Balaban J connectivity index is 1.66. The number of ether oxygens (including phenoxy) is 2. The minimum atomic E-state index is -2.00. The smallest absolute Gasteiger partial charge is 0.264 e. The molecule has 6 nitrogen and oxygen atoms in total. The van der Waals surface area contributed by atoms with E-state index in [9.17, 15) is 14.7 Å². The Bertz CT molecular complexity index is 1250. The number of Topliss-reactive ketones (excluding diaryl/α,β-unsaturated/α-hetero) is 1. The van der Waals surface area contributed by atoms with Gasteiger partial charge in [0, 0.05) is 11.1 Å². The zero-order chi connectivity index (χ0) is 23.8. The van der Waals surface area contributed by atoms with E-state index in [1.165, 1.54) is 25.2 Å². The van der Waals surface area contributed by atoms with Gasteiger partial charge < -0.3 is 19.5 Å². The first-order valence-electron chi connectivity index (χ1n) is 10.1. The van der Waals surface area contributed by atoms with Crippen molar-refractivity contribution in [1.29, 1.82) is 0 Å². The van der Waals surface area contributed by atoms with E-state index in [-0.39, 0.29) is 6.54 Å². The van der Waals surface area contributed by atoms with Crippen LogP contribution in [0.2, 0.25) is 10.0 Å². The second kappa shape index (κ2) is 9.06. The molecule has 0 unspecified atom stereocenters. The van der Waals surface area contributed by atoms with Crippen LogP contribution in [0.4, 0.5) is 5.69 Å². The maximum Gasteiger partial charge on any atom is 0.264 e. The van der Waals surface area contributed by atoms with E-state index in [4.69, 9.17) is 32.7 Å². The summed E-state index contributed by atoms with van der Waals surface area (Å²) in [4.78, 5) is 28.0. The number of carbonyl (C=O) groups excluding carboxylic acids is 2. The van der Waals surface area contributed by atoms with E-state index in [0.717, 1.165) is 5.56 Å². The average molecular weight is 486 g/mol. The third-order valence-corrected chi connectivity index (χ3v) is 6.43. The minimum Gasteiger partial charge on any atom is -0.493 e. The van der Waals surface area contributed by atoms with Crippen LogP contribution in [0.3, 0.4) is 0 Å². The van der Waals surface area contributed by atoms with E-state index in [1.54, 1.807) is 54.6 Å². The Kier molecular flexibility index (Phi) is 6.34. The summed E-state index contributed by atoms with van der Waals surface area (Å²) in [6, 6.07) is 16.7. The minimum absolute atomic E-state index is 0.166. The number of methoxy groups -OCH3 is 2. The van der Waals surface area contributed by atoms with Gasteiger partial charge in [-0.05, 0) is 42.0 Å². The summed E-state index contributed by atoms with van der Waals surface area (Å²) >= 11 is 12.1. The third kappa shape index (κ3) is 4.17. The first kappa shape index (κ1) is 23.1. The fourth-order valence-corrected chi connectivity index (χ4v) is 4.32. The molecule has 0 radical (unpaired) electrons. The second-order valence-corrected chi connectivity index (χ2v) is 8.50. The van der Waals surface area contributed by atoms with Crippen molar-refractivity contribution in [2.24, 2.45) is 0 Å². The number of halogens is 2. The molecule has 3 aromatic carbocycles. The van der Waals surface area contributed by atoms with Crippen LogP contribution >= 0.6 is 23.2 Å². The molecule has 3 aromatic rings. The monoisotopic (exact) mass is 485 g/mol. The topological polar surface area (TPSA) is 76.1 Å². The van der Waals surface area contributed by atoms with E-state index < -0.39 is 23.7 Å². The van der Waals surface area contributed by atoms with Gasteiger partial charge in [-0.3, -0.25) is 9.59 Å². The van der Waals surface area contributed by atoms with Crippen LogP contribution in [0.15, 0.2) is 60.7 Å². The van der Waals surface area contributed by atoms with Crippen molar-refractivity contribution >= 4 is 40.6 Å². The molecule has 0 aromatic heterocycles. The highest BCUT2D eigenvalue weighted by Gasteiger charge is 2.50. The highest BCUT2D eigenvalue weighted by Crippen LogP contribution is 2.44. The number of hydrogen-bond donors (Lipinski definition) is 1. The number of para-hydroxylation sites is 1. The van der Waals surface area contributed by atoms with Crippen LogP contribution in [-0.4, -0.2) is 31.0 Å². The fraction of sp³-hybridized carbons (Fsp3) is 0.200. The molecule has 0 spiro atoms. The average Bonchev–Trinajstić information content (AvgIpc) is 3.02. The molecule has 0 bridgehead atoms. The van der Waals surface area contributed by atoms with Crippen molar-refractivity contribution in [3.63, 3.8) is 0 Å². The van der Waals surface area contributed by atoms with E-state index in [0.29, 0.717) is 38.4 Å². The molecule has 1 heterocycles. The SMILES string of the molecule is COc1ccc(C(=O)C[C@@]2(O)C(=O)N(Cc3ccc(Cl)c(Cl)c3)c3ccccc32)cc1OC. The van der Waals surface area contributed by atoms with Crippen LogP contribution < -0.4 is 14.4 Å². The lowest BCUT2D eigenvalue weighted by Gasteiger charge is -2.23. The molecule has 1 aliphatic heterocycles. The molecule has 0 saturated carbocycles. The summed E-state index contributed by atoms with van der Waals surface area (Å²) in [6.07, 6.45) is -0.420. The summed E-state index contributed by atoms with van der Waals surface area (Å²) in [5.74, 6) is -0.126. The Labute approximate surface area is 201 Å². The fourth-order valence-electron chi connectivity index (χ4n) is 4.00. The van der Waals surface area contributed by atoms with Crippen molar-refractivity contribution in [2.45, 2.75) is 18.6 Å². The lowest BCUT2D eigenvalue weighted by molar-refractivity contribution is -0.136. The van der Waals surface area contributed by atoms with Crippen LogP contribution in [0.5, 0.6) is 11.5 Å². The summed E-state index contributed by atoms with van der Waals surface area (Å²) in [7, 11) is 2.97. The first-order valence-corrected chi connectivity index (χ1v) is 10.9. The predicted octanol–water partition coefficient (Wildman–Crippen LogP) is 5.02. The van der Waals surface area contributed by atoms with Gasteiger partial charge in [0.05, 0.1) is 42.9 Å². The molecule has 4 rings (SSSR count). The molecule has 1 aliphatic rings. The van der Waals surface area contributed by atoms with Crippen LogP contribution in [-0.2, 0) is 16.9 Å². The lowest BCUT2D eigenvalue weighted by Crippen LogP contribution is -2.41. The van der Waals surface area contributed by atoms with Gasteiger partial charge in [0.25, 0.3) is 5.91 Å². The molecular weight excluding hydrogens is 465 g/mol. The number of aliphatic hydroxyl groups is 1. The maximum absolute atomic E-state index is 13.5. The number of anilines is 1. The van der Waals surface area contributed by atoms with Crippen molar-refractivity contribution in [1.82, 2.24) is 0 Å². The number of rotatable bonds is 7. The number of fused-ring (bicyclic) bond motifs is 1. The molecule has 33 heavy (non-hydrogen) atoms. The normalized spacial score (nSPS) is 17.1. The summed E-state index contributed by atoms with van der Waals surface area (Å²) in [5.41, 5.74) is -0.0470. The third-order valence-electron chi connectivity index (χ3n) is 5.69. The number of nitrogens with zero attached hydrogens (tertiary/aromatic N) is 1. The zero-order valence-electron chi connectivity index (χ0n) is 18.0.